The molecular weight excluding hydrogens is 378 g/mol. The summed E-state index contributed by atoms with van der Waals surface area (Å²) in [7, 11) is 1.08. The fourth-order valence-corrected chi connectivity index (χ4v) is 4.59. The molecule has 2 amide bonds. The van der Waals surface area contributed by atoms with E-state index in [-0.39, 0.29) is 29.1 Å². The monoisotopic (exact) mass is 396 g/mol. The number of nitrogens with zero attached hydrogens (tertiary/aromatic N) is 2. The van der Waals surface area contributed by atoms with Crippen molar-refractivity contribution < 1.29 is 14.3 Å². The van der Waals surface area contributed by atoms with E-state index in [9.17, 15) is 14.4 Å². The number of rotatable bonds is 5. The van der Waals surface area contributed by atoms with Crippen molar-refractivity contribution in [2.75, 3.05) is 5.75 Å². The zero-order valence-electron chi connectivity index (χ0n) is 15.2. The molecule has 1 N–H and O–H groups in total. The Morgan fingerprint density at radius 3 is 2.57 bits per heavy atom. The number of carbonyl (C=O) groups excluding carboxylic acids is 2. The highest BCUT2D eigenvalue weighted by atomic mass is 32.2. The van der Waals surface area contributed by atoms with E-state index in [2.05, 4.69) is 10.3 Å². The van der Waals surface area contributed by atoms with Crippen molar-refractivity contribution in [3.63, 3.8) is 0 Å². The summed E-state index contributed by atoms with van der Waals surface area (Å²) in [5, 5.41) is 2.73. The Morgan fingerprint density at radius 1 is 1.11 bits per heavy atom. The van der Waals surface area contributed by atoms with Gasteiger partial charge in [0.2, 0.25) is 0 Å². The minimum absolute atomic E-state index is 0.107. The predicted octanol–water partition coefficient (Wildman–Crippen LogP) is 1.88. The Balaban J connectivity index is 1.45. The van der Waals surface area contributed by atoms with Crippen LogP contribution in [0.15, 0.2) is 53.3 Å². The number of para-hydroxylation sites is 1. The van der Waals surface area contributed by atoms with Gasteiger partial charge in [0.15, 0.2) is 5.75 Å². The van der Waals surface area contributed by atoms with Gasteiger partial charge in [-0.2, -0.15) is 0 Å². The zero-order chi connectivity index (χ0) is 19.7. The number of carbonyl (C=O) groups is 2. The first-order valence-electron chi connectivity index (χ1n) is 8.69. The van der Waals surface area contributed by atoms with Crippen LogP contribution < -0.4 is 15.6 Å². The first kappa shape index (κ1) is 18.2. The molecule has 3 aromatic rings. The van der Waals surface area contributed by atoms with Crippen molar-refractivity contribution in [2.24, 2.45) is 7.05 Å². The Morgan fingerprint density at radius 2 is 1.86 bits per heavy atom. The topological polar surface area (TPSA) is 90.3 Å². The predicted molar refractivity (Wildman–Crippen MR) is 107 cm³/mol. The molecule has 2 heterocycles. The van der Waals surface area contributed by atoms with Crippen LogP contribution in [0.3, 0.4) is 0 Å². The molecule has 1 unspecified atom stereocenters. The highest BCUT2D eigenvalue weighted by Gasteiger charge is 2.40. The smallest absolute Gasteiger partial charge is 0.436 e. The van der Waals surface area contributed by atoms with E-state index in [1.54, 1.807) is 19.2 Å². The summed E-state index contributed by atoms with van der Waals surface area (Å²) in [4.78, 5) is 39.9. The summed E-state index contributed by atoms with van der Waals surface area (Å²) in [6.45, 7) is 0.164. The van der Waals surface area contributed by atoms with Gasteiger partial charge in [-0.3, -0.25) is 14.2 Å². The van der Waals surface area contributed by atoms with E-state index in [0.717, 1.165) is 5.56 Å². The highest BCUT2D eigenvalue weighted by Crippen LogP contribution is 2.18. The third kappa shape index (κ3) is 3.63. The van der Waals surface area contributed by atoms with Crippen molar-refractivity contribution in [2.45, 2.75) is 12.4 Å². The van der Waals surface area contributed by atoms with E-state index in [4.69, 9.17) is 4.74 Å². The van der Waals surface area contributed by atoms with Gasteiger partial charge in [0.05, 0.1) is 21.8 Å². The van der Waals surface area contributed by atoms with Crippen LogP contribution in [0, 0.1) is 0 Å². The molecule has 1 aliphatic rings. The lowest BCUT2D eigenvalue weighted by atomic mass is 10.2. The minimum atomic E-state index is -0.601. The molecule has 0 aliphatic carbocycles. The third-order valence-corrected chi connectivity index (χ3v) is 6.44. The van der Waals surface area contributed by atoms with Crippen LogP contribution in [0.25, 0.3) is 10.9 Å². The van der Waals surface area contributed by atoms with Crippen LogP contribution in [-0.2, 0) is 35.1 Å². The molecule has 28 heavy (non-hydrogen) atoms. The van der Waals surface area contributed by atoms with E-state index in [1.807, 2.05) is 36.4 Å². The molecule has 8 heteroatoms. The molecule has 1 saturated heterocycles. The number of hydrogen-bond acceptors (Lipinski definition) is 5. The SMILES string of the molecule is Cn1c(COc2ccc(C[S+]3CC(=O)NC3=O)cc2)nc2ccccc2c1=O. The van der Waals surface area contributed by atoms with E-state index >= 15 is 0 Å². The van der Waals surface area contributed by atoms with Crippen molar-refractivity contribution >= 4 is 32.9 Å². The lowest BCUT2D eigenvalue weighted by molar-refractivity contribution is -0.117. The van der Waals surface area contributed by atoms with Gasteiger partial charge in [0, 0.05) is 12.6 Å². The maximum Gasteiger partial charge on any atom is 0.436 e. The second-order valence-electron chi connectivity index (χ2n) is 6.46. The minimum Gasteiger partial charge on any atom is -0.486 e. The van der Waals surface area contributed by atoms with E-state index in [0.29, 0.717) is 28.2 Å². The van der Waals surface area contributed by atoms with Gasteiger partial charge < -0.3 is 4.74 Å². The van der Waals surface area contributed by atoms with Crippen molar-refractivity contribution in [1.29, 1.82) is 0 Å². The molecular formula is C20H18N3O4S+. The summed E-state index contributed by atoms with van der Waals surface area (Å²) in [5.74, 6) is 1.77. The Bertz CT molecular complexity index is 1120. The number of amides is 2. The summed E-state index contributed by atoms with van der Waals surface area (Å²) >= 11 is 0. The van der Waals surface area contributed by atoms with Crippen LogP contribution >= 0.6 is 0 Å². The number of benzene rings is 2. The number of ether oxygens (including phenoxy) is 1. The molecule has 0 bridgehead atoms. The maximum atomic E-state index is 12.4. The summed E-state index contributed by atoms with van der Waals surface area (Å²) in [6, 6.07) is 14.6. The average Bonchev–Trinajstić information content (AvgIpc) is 3.01. The molecule has 142 valence electrons. The van der Waals surface area contributed by atoms with Gasteiger partial charge in [-0.15, -0.1) is 0 Å². The van der Waals surface area contributed by atoms with Gasteiger partial charge in [-0.1, -0.05) is 24.3 Å². The van der Waals surface area contributed by atoms with Gasteiger partial charge in [0.1, 0.15) is 23.9 Å². The number of imide groups is 1. The summed E-state index contributed by atoms with van der Waals surface area (Å²) in [5.41, 5.74) is 1.51. The van der Waals surface area contributed by atoms with Gasteiger partial charge in [-0.05, 0) is 24.3 Å². The fraction of sp³-hybridized carbons (Fsp3) is 0.200. The standard InChI is InChI=1S/C20H17N3O4S/c1-23-17(21-16-5-3-2-4-15(16)19(23)25)10-27-14-8-6-13(7-9-14)11-28-12-18(24)22-20(28)26/h2-9H,10-12H2,1H3/p+1. The van der Waals surface area contributed by atoms with Crippen LogP contribution in [0.2, 0.25) is 0 Å². The Labute approximate surface area is 163 Å². The molecule has 1 atom stereocenters. The second-order valence-corrected chi connectivity index (χ2v) is 8.39. The van der Waals surface area contributed by atoms with E-state index in [1.165, 1.54) is 4.57 Å². The highest BCUT2D eigenvalue weighted by molar-refractivity contribution is 8.11. The summed E-state index contributed by atoms with van der Waals surface area (Å²) < 4.78 is 7.28. The largest absolute Gasteiger partial charge is 0.486 e. The fourth-order valence-electron chi connectivity index (χ4n) is 2.99. The molecule has 1 aliphatic heterocycles. The normalized spacial score (nSPS) is 16.4. The lowest BCUT2D eigenvalue weighted by Gasteiger charge is -2.11. The first-order valence-corrected chi connectivity index (χ1v) is 10.3. The quantitative estimate of drug-likeness (QED) is 0.665. The molecule has 1 aromatic heterocycles. The zero-order valence-corrected chi connectivity index (χ0v) is 16.0. The number of hydrogen-bond donors (Lipinski definition) is 1. The molecule has 0 radical (unpaired) electrons. The number of nitrogens with one attached hydrogen (secondary N) is 1. The van der Waals surface area contributed by atoms with Gasteiger partial charge in [0.25, 0.3) is 11.5 Å². The van der Waals surface area contributed by atoms with Crippen molar-refractivity contribution in [3.8, 4) is 5.75 Å². The molecule has 4 rings (SSSR count). The third-order valence-electron chi connectivity index (χ3n) is 4.52. The van der Waals surface area contributed by atoms with Crippen molar-refractivity contribution in [3.05, 3.63) is 70.3 Å². The number of aromatic nitrogens is 2. The first-order chi connectivity index (χ1) is 13.5. The summed E-state index contributed by atoms with van der Waals surface area (Å²) in [6.07, 6.45) is 0. The maximum absolute atomic E-state index is 12.4. The van der Waals surface area contributed by atoms with Gasteiger partial charge >= 0.3 is 5.24 Å². The van der Waals surface area contributed by atoms with Crippen LogP contribution in [0.5, 0.6) is 5.75 Å². The van der Waals surface area contributed by atoms with Gasteiger partial charge in [-0.25, -0.2) is 15.1 Å². The molecule has 7 nitrogen and oxygen atoms in total. The second kappa shape index (κ2) is 7.47. The van der Waals surface area contributed by atoms with Crippen LogP contribution in [0.1, 0.15) is 11.4 Å². The average molecular weight is 396 g/mol. The van der Waals surface area contributed by atoms with Crippen molar-refractivity contribution in [1.82, 2.24) is 14.9 Å². The Hall–Kier alpha value is -3.13. The van der Waals surface area contributed by atoms with Crippen LogP contribution in [-0.4, -0.2) is 26.5 Å². The molecule has 0 saturated carbocycles. The molecule has 1 fully saturated rings. The van der Waals surface area contributed by atoms with Crippen LogP contribution in [0.4, 0.5) is 4.79 Å². The molecule has 2 aromatic carbocycles. The Kier molecular flexibility index (Phi) is 4.87. The molecule has 0 spiro atoms. The lowest BCUT2D eigenvalue weighted by Crippen LogP contribution is -2.23. The number of fused-ring (bicyclic) bond motifs is 1. The van der Waals surface area contributed by atoms with E-state index < -0.39 is 10.9 Å².